The molecule has 1 aromatic carbocycles. The monoisotopic (exact) mass is 492 g/mol. The van der Waals surface area contributed by atoms with Crippen molar-refractivity contribution in [1.82, 2.24) is 29.5 Å². The van der Waals surface area contributed by atoms with Crippen molar-refractivity contribution in [2.45, 2.75) is 0 Å². The number of pyridine rings is 3. The van der Waals surface area contributed by atoms with E-state index in [1.807, 2.05) is 65.3 Å². The van der Waals surface area contributed by atoms with Gasteiger partial charge in [-0.2, -0.15) is 4.98 Å². The summed E-state index contributed by atoms with van der Waals surface area (Å²) in [6.07, 6.45) is 3.69. The fraction of sp³-hybridized carbons (Fsp3) is 0.214. The number of likely N-dealkylation sites (N-methyl/N-ethyl adjacent to an activating group) is 1. The Morgan fingerprint density at radius 2 is 1.62 bits per heavy atom. The smallest absolute Gasteiger partial charge is 0.247 e. The van der Waals surface area contributed by atoms with E-state index in [0.29, 0.717) is 5.95 Å². The largest absolute Gasteiger partial charge is 0.497 e. The Bertz CT molecular complexity index is 1490. The number of anilines is 3. The molecule has 0 amide bonds. The van der Waals surface area contributed by atoms with Crippen LogP contribution in [0.2, 0.25) is 0 Å². The quantitative estimate of drug-likeness (QED) is 0.374. The van der Waals surface area contributed by atoms with Gasteiger partial charge in [-0.1, -0.05) is 6.07 Å². The number of rotatable bonds is 6. The topological polar surface area (TPSA) is 83.7 Å². The lowest BCUT2D eigenvalue weighted by atomic mass is 10.1. The lowest BCUT2D eigenvalue weighted by Gasteiger charge is -2.33. The molecule has 4 aromatic heterocycles. The molecule has 1 fully saturated rings. The fourth-order valence-corrected chi connectivity index (χ4v) is 4.47. The molecule has 186 valence electrons. The van der Waals surface area contributed by atoms with Crippen LogP contribution in [0, 0.1) is 0 Å². The van der Waals surface area contributed by atoms with Crippen LogP contribution in [0.3, 0.4) is 0 Å². The molecular formula is C28H28N8O. The molecular weight excluding hydrogens is 464 g/mol. The van der Waals surface area contributed by atoms with Crippen LogP contribution in [0.25, 0.3) is 28.2 Å². The Kier molecular flexibility index (Phi) is 6.11. The van der Waals surface area contributed by atoms with Crippen LogP contribution in [0.15, 0.2) is 79.1 Å². The predicted molar refractivity (Wildman–Crippen MR) is 145 cm³/mol. The SMILES string of the molecule is COc1ccc(-c2cccc3nc(Nc4ccc(-c5ccc(N6CCN(C)CC6)nc5)nc4)nn23)cc1. The van der Waals surface area contributed by atoms with Gasteiger partial charge < -0.3 is 19.9 Å². The number of aromatic nitrogens is 5. The number of methoxy groups -OCH3 is 1. The molecule has 1 aliphatic heterocycles. The van der Waals surface area contributed by atoms with E-state index in [1.54, 1.807) is 13.3 Å². The lowest BCUT2D eigenvalue weighted by Crippen LogP contribution is -2.44. The summed E-state index contributed by atoms with van der Waals surface area (Å²) in [5, 5.41) is 7.96. The maximum atomic E-state index is 5.28. The van der Waals surface area contributed by atoms with E-state index in [-0.39, 0.29) is 0 Å². The molecule has 0 radical (unpaired) electrons. The maximum absolute atomic E-state index is 5.28. The van der Waals surface area contributed by atoms with Gasteiger partial charge in [0.05, 0.1) is 30.4 Å². The Balaban J connectivity index is 1.17. The average Bonchev–Trinajstić information content (AvgIpc) is 3.37. The molecule has 0 aliphatic carbocycles. The van der Waals surface area contributed by atoms with Gasteiger partial charge in [0, 0.05) is 43.5 Å². The van der Waals surface area contributed by atoms with Crippen LogP contribution in [-0.4, -0.2) is 69.8 Å². The molecule has 5 aromatic rings. The standard InChI is InChI=1S/C28H28N8O/c1-34-14-16-35(17-15-34)26-13-8-21(18-30-26)24-12-9-22(19-29-24)31-28-32-27-5-3-4-25(36(27)33-28)20-6-10-23(37-2)11-7-20/h3-13,18-19H,14-17H2,1-2H3,(H,31,33). The molecule has 1 N–H and O–H groups in total. The fourth-order valence-electron chi connectivity index (χ4n) is 4.47. The van der Waals surface area contributed by atoms with Crippen LogP contribution in [0.1, 0.15) is 0 Å². The van der Waals surface area contributed by atoms with Crippen molar-refractivity contribution in [2.24, 2.45) is 0 Å². The second-order valence-electron chi connectivity index (χ2n) is 9.10. The minimum Gasteiger partial charge on any atom is -0.497 e. The summed E-state index contributed by atoms with van der Waals surface area (Å²) in [5.74, 6) is 2.34. The predicted octanol–water partition coefficient (Wildman–Crippen LogP) is 4.36. The lowest BCUT2D eigenvalue weighted by molar-refractivity contribution is 0.312. The summed E-state index contributed by atoms with van der Waals surface area (Å²) in [7, 11) is 3.82. The molecule has 37 heavy (non-hydrogen) atoms. The zero-order valence-corrected chi connectivity index (χ0v) is 20.9. The van der Waals surface area contributed by atoms with E-state index in [9.17, 15) is 0 Å². The molecule has 0 unspecified atom stereocenters. The van der Waals surface area contributed by atoms with Crippen molar-refractivity contribution in [3.8, 4) is 28.3 Å². The van der Waals surface area contributed by atoms with Gasteiger partial charge in [-0.05, 0) is 67.7 Å². The second kappa shape index (κ2) is 9.87. The molecule has 0 saturated carbocycles. The molecule has 1 saturated heterocycles. The van der Waals surface area contributed by atoms with Gasteiger partial charge in [-0.3, -0.25) is 4.98 Å². The molecule has 6 rings (SSSR count). The highest BCUT2D eigenvalue weighted by Crippen LogP contribution is 2.25. The molecule has 0 atom stereocenters. The summed E-state index contributed by atoms with van der Waals surface area (Å²) < 4.78 is 7.11. The third kappa shape index (κ3) is 4.81. The van der Waals surface area contributed by atoms with Crippen molar-refractivity contribution in [1.29, 1.82) is 0 Å². The van der Waals surface area contributed by atoms with Crippen LogP contribution >= 0.6 is 0 Å². The zero-order valence-electron chi connectivity index (χ0n) is 20.9. The summed E-state index contributed by atoms with van der Waals surface area (Å²) >= 11 is 0. The summed E-state index contributed by atoms with van der Waals surface area (Å²) in [6, 6.07) is 22.0. The number of piperazine rings is 1. The average molecular weight is 493 g/mol. The normalized spacial score (nSPS) is 14.2. The van der Waals surface area contributed by atoms with Gasteiger partial charge in [0.2, 0.25) is 5.95 Å². The highest BCUT2D eigenvalue weighted by atomic mass is 16.5. The first-order chi connectivity index (χ1) is 18.2. The Morgan fingerprint density at radius 1 is 0.811 bits per heavy atom. The third-order valence-electron chi connectivity index (χ3n) is 6.64. The van der Waals surface area contributed by atoms with Crippen molar-refractivity contribution in [3.63, 3.8) is 0 Å². The van der Waals surface area contributed by atoms with Gasteiger partial charge in [0.25, 0.3) is 0 Å². The van der Waals surface area contributed by atoms with Crippen molar-refractivity contribution in [3.05, 3.63) is 79.1 Å². The van der Waals surface area contributed by atoms with Gasteiger partial charge in [0.15, 0.2) is 5.65 Å². The maximum Gasteiger partial charge on any atom is 0.247 e. The van der Waals surface area contributed by atoms with Crippen molar-refractivity contribution >= 4 is 23.1 Å². The second-order valence-corrected chi connectivity index (χ2v) is 9.10. The van der Waals surface area contributed by atoms with Crippen molar-refractivity contribution < 1.29 is 4.74 Å². The number of ether oxygens (including phenoxy) is 1. The number of nitrogens with one attached hydrogen (secondary N) is 1. The van der Waals surface area contributed by atoms with Gasteiger partial charge in [0.1, 0.15) is 11.6 Å². The first kappa shape index (κ1) is 22.9. The number of hydrogen-bond acceptors (Lipinski definition) is 8. The van der Waals surface area contributed by atoms with E-state index in [4.69, 9.17) is 4.74 Å². The Morgan fingerprint density at radius 3 is 2.32 bits per heavy atom. The summed E-state index contributed by atoms with van der Waals surface area (Å²) in [5.41, 5.74) is 5.40. The minimum atomic E-state index is 0.508. The van der Waals surface area contributed by atoms with Crippen molar-refractivity contribution in [2.75, 3.05) is 50.6 Å². The van der Waals surface area contributed by atoms with Gasteiger partial charge in [-0.15, -0.1) is 5.10 Å². The number of benzene rings is 1. The Hall–Kier alpha value is -4.50. The number of hydrogen-bond donors (Lipinski definition) is 1. The van der Waals surface area contributed by atoms with Crippen LogP contribution in [-0.2, 0) is 0 Å². The van der Waals surface area contributed by atoms with Gasteiger partial charge >= 0.3 is 0 Å². The van der Waals surface area contributed by atoms with Crippen LogP contribution < -0.4 is 15.0 Å². The van der Waals surface area contributed by atoms with Crippen LogP contribution in [0.5, 0.6) is 5.75 Å². The summed E-state index contributed by atoms with van der Waals surface area (Å²) in [6.45, 7) is 4.12. The first-order valence-electron chi connectivity index (χ1n) is 12.3. The highest BCUT2D eigenvalue weighted by Gasteiger charge is 2.15. The molecule has 0 spiro atoms. The van der Waals surface area contributed by atoms with E-state index >= 15 is 0 Å². The third-order valence-corrected chi connectivity index (χ3v) is 6.64. The van der Waals surface area contributed by atoms with Gasteiger partial charge in [-0.25, -0.2) is 9.50 Å². The van der Waals surface area contributed by atoms with E-state index in [2.05, 4.69) is 54.3 Å². The Labute approximate surface area is 215 Å². The van der Waals surface area contributed by atoms with E-state index in [1.165, 1.54) is 0 Å². The molecule has 9 heteroatoms. The number of fused-ring (bicyclic) bond motifs is 1. The molecule has 0 bridgehead atoms. The summed E-state index contributed by atoms with van der Waals surface area (Å²) in [4.78, 5) is 18.6. The van der Waals surface area contributed by atoms with E-state index in [0.717, 1.165) is 71.6 Å². The number of nitrogens with zero attached hydrogens (tertiary/aromatic N) is 7. The molecule has 5 heterocycles. The molecule has 1 aliphatic rings. The minimum absolute atomic E-state index is 0.508. The van der Waals surface area contributed by atoms with E-state index < -0.39 is 0 Å². The van der Waals surface area contributed by atoms with Crippen LogP contribution in [0.4, 0.5) is 17.5 Å². The molecule has 9 nitrogen and oxygen atoms in total. The highest BCUT2D eigenvalue weighted by molar-refractivity contribution is 5.66. The zero-order chi connectivity index (χ0) is 25.2. The first-order valence-corrected chi connectivity index (χ1v) is 12.3.